The standard InChI is InChI=1S/C14H20N4O/c1-13(2)4-6-14(19,7-5-13)10-17-12-16-8-3-11(9-15)18-12/h3,8,19H,4-7,10H2,1-2H3,(H,16,17,18). The maximum atomic E-state index is 10.5. The van der Waals surface area contributed by atoms with E-state index in [0.717, 1.165) is 25.7 Å². The van der Waals surface area contributed by atoms with Crippen molar-refractivity contribution < 1.29 is 5.11 Å². The van der Waals surface area contributed by atoms with Crippen LogP contribution in [-0.4, -0.2) is 27.2 Å². The maximum Gasteiger partial charge on any atom is 0.223 e. The van der Waals surface area contributed by atoms with Gasteiger partial charge in [-0.2, -0.15) is 5.26 Å². The van der Waals surface area contributed by atoms with Gasteiger partial charge in [0, 0.05) is 12.7 Å². The second-order valence-electron chi connectivity index (χ2n) is 6.12. The molecule has 0 aromatic carbocycles. The van der Waals surface area contributed by atoms with Crippen molar-refractivity contribution in [2.75, 3.05) is 11.9 Å². The van der Waals surface area contributed by atoms with Crippen LogP contribution in [0.25, 0.3) is 0 Å². The van der Waals surface area contributed by atoms with E-state index in [2.05, 4.69) is 29.1 Å². The minimum atomic E-state index is -0.693. The van der Waals surface area contributed by atoms with Crippen LogP contribution < -0.4 is 5.32 Å². The predicted molar refractivity (Wildman–Crippen MR) is 72.4 cm³/mol. The molecule has 102 valence electrons. The molecule has 2 rings (SSSR count). The third kappa shape index (κ3) is 3.65. The van der Waals surface area contributed by atoms with Crippen LogP contribution in [0.15, 0.2) is 12.3 Å². The van der Waals surface area contributed by atoms with Crippen molar-refractivity contribution in [2.24, 2.45) is 5.41 Å². The Kier molecular flexibility index (Phi) is 3.72. The van der Waals surface area contributed by atoms with Gasteiger partial charge >= 0.3 is 0 Å². The van der Waals surface area contributed by atoms with Gasteiger partial charge in [0.15, 0.2) is 0 Å². The highest BCUT2D eigenvalue weighted by atomic mass is 16.3. The molecule has 0 spiro atoms. The molecule has 19 heavy (non-hydrogen) atoms. The molecule has 1 heterocycles. The van der Waals surface area contributed by atoms with Crippen LogP contribution >= 0.6 is 0 Å². The van der Waals surface area contributed by atoms with Gasteiger partial charge in [0.25, 0.3) is 0 Å². The number of rotatable bonds is 3. The Hall–Kier alpha value is -1.67. The van der Waals surface area contributed by atoms with Gasteiger partial charge in [-0.05, 0) is 37.2 Å². The normalized spacial score (nSPS) is 20.5. The Labute approximate surface area is 113 Å². The van der Waals surface area contributed by atoms with E-state index in [-0.39, 0.29) is 0 Å². The van der Waals surface area contributed by atoms with E-state index in [1.165, 1.54) is 0 Å². The number of aliphatic hydroxyl groups is 1. The summed E-state index contributed by atoms with van der Waals surface area (Å²) in [4.78, 5) is 8.09. The fourth-order valence-electron chi connectivity index (χ4n) is 2.32. The van der Waals surface area contributed by atoms with Crippen LogP contribution in [-0.2, 0) is 0 Å². The lowest BCUT2D eigenvalue weighted by atomic mass is 9.71. The van der Waals surface area contributed by atoms with Gasteiger partial charge in [0.05, 0.1) is 5.60 Å². The summed E-state index contributed by atoms with van der Waals surface area (Å²) in [5, 5.41) is 22.3. The first-order valence-corrected chi connectivity index (χ1v) is 6.62. The molecule has 5 heteroatoms. The summed E-state index contributed by atoms with van der Waals surface area (Å²) in [7, 11) is 0. The average molecular weight is 260 g/mol. The van der Waals surface area contributed by atoms with Crippen LogP contribution in [0.3, 0.4) is 0 Å². The molecular weight excluding hydrogens is 240 g/mol. The predicted octanol–water partition coefficient (Wildman–Crippen LogP) is 2.09. The highest BCUT2D eigenvalue weighted by Gasteiger charge is 2.36. The summed E-state index contributed by atoms with van der Waals surface area (Å²) in [6.07, 6.45) is 5.15. The van der Waals surface area contributed by atoms with Crippen molar-refractivity contribution in [1.29, 1.82) is 5.26 Å². The van der Waals surface area contributed by atoms with E-state index in [1.807, 2.05) is 6.07 Å². The van der Waals surface area contributed by atoms with E-state index in [4.69, 9.17) is 5.26 Å². The van der Waals surface area contributed by atoms with Crippen molar-refractivity contribution in [3.05, 3.63) is 18.0 Å². The van der Waals surface area contributed by atoms with Crippen molar-refractivity contribution in [2.45, 2.75) is 45.1 Å². The fraction of sp³-hybridized carbons (Fsp3) is 0.643. The summed E-state index contributed by atoms with van der Waals surface area (Å²) in [5.41, 5.74) is -0.0420. The van der Waals surface area contributed by atoms with Gasteiger partial charge in [0.2, 0.25) is 5.95 Å². The molecule has 0 atom stereocenters. The number of anilines is 1. The largest absolute Gasteiger partial charge is 0.388 e. The van der Waals surface area contributed by atoms with Crippen LogP contribution in [0.5, 0.6) is 0 Å². The molecule has 2 N–H and O–H groups in total. The minimum absolute atomic E-state index is 0.323. The second-order valence-corrected chi connectivity index (χ2v) is 6.12. The Balaban J connectivity index is 1.93. The van der Waals surface area contributed by atoms with E-state index in [9.17, 15) is 5.11 Å². The molecule has 5 nitrogen and oxygen atoms in total. The Bertz CT molecular complexity index is 482. The second kappa shape index (κ2) is 5.14. The molecule has 0 radical (unpaired) electrons. The van der Waals surface area contributed by atoms with Crippen molar-refractivity contribution in [3.63, 3.8) is 0 Å². The molecule has 0 aliphatic heterocycles. The number of nitrogens with one attached hydrogen (secondary N) is 1. The summed E-state index contributed by atoms with van der Waals surface area (Å²) in [5.74, 6) is 0.400. The highest BCUT2D eigenvalue weighted by Crippen LogP contribution is 2.40. The summed E-state index contributed by atoms with van der Waals surface area (Å²) in [6, 6.07) is 3.53. The Morgan fingerprint density at radius 3 is 2.68 bits per heavy atom. The zero-order chi connectivity index (χ0) is 13.9. The SMILES string of the molecule is CC1(C)CCC(O)(CNc2nccc(C#N)n2)CC1. The third-order valence-electron chi connectivity index (χ3n) is 3.88. The van der Waals surface area contributed by atoms with E-state index >= 15 is 0 Å². The first-order valence-electron chi connectivity index (χ1n) is 6.62. The van der Waals surface area contributed by atoms with Crippen molar-refractivity contribution in [3.8, 4) is 6.07 Å². The zero-order valence-corrected chi connectivity index (χ0v) is 11.5. The molecule has 0 unspecified atom stereocenters. The summed E-state index contributed by atoms with van der Waals surface area (Å²) < 4.78 is 0. The van der Waals surface area contributed by atoms with Gasteiger partial charge in [-0.15, -0.1) is 0 Å². The molecule has 0 amide bonds. The van der Waals surface area contributed by atoms with E-state index < -0.39 is 5.60 Å². The molecule has 1 aromatic rings. The monoisotopic (exact) mass is 260 g/mol. The Morgan fingerprint density at radius 2 is 2.05 bits per heavy atom. The first kappa shape index (κ1) is 13.8. The van der Waals surface area contributed by atoms with Gasteiger partial charge in [-0.25, -0.2) is 9.97 Å². The van der Waals surface area contributed by atoms with Crippen LogP contribution in [0, 0.1) is 16.7 Å². The smallest absolute Gasteiger partial charge is 0.223 e. The molecule has 0 bridgehead atoms. The zero-order valence-electron chi connectivity index (χ0n) is 11.5. The first-order chi connectivity index (χ1) is 8.92. The molecule has 1 aliphatic rings. The van der Waals surface area contributed by atoms with Crippen molar-refractivity contribution in [1.82, 2.24) is 9.97 Å². The van der Waals surface area contributed by atoms with Crippen LogP contribution in [0.1, 0.15) is 45.2 Å². The number of nitriles is 1. The maximum absolute atomic E-state index is 10.5. The Morgan fingerprint density at radius 1 is 1.37 bits per heavy atom. The van der Waals surface area contributed by atoms with Gasteiger partial charge in [-0.3, -0.25) is 0 Å². The number of nitrogens with zero attached hydrogens (tertiary/aromatic N) is 3. The van der Waals surface area contributed by atoms with Gasteiger partial charge in [-0.1, -0.05) is 13.8 Å². The van der Waals surface area contributed by atoms with E-state index in [0.29, 0.717) is 23.6 Å². The lowest BCUT2D eigenvalue weighted by molar-refractivity contribution is -0.0146. The number of aromatic nitrogens is 2. The molecule has 1 aromatic heterocycles. The topological polar surface area (TPSA) is 81.8 Å². The van der Waals surface area contributed by atoms with Gasteiger partial charge in [0.1, 0.15) is 11.8 Å². The number of hydrogen-bond donors (Lipinski definition) is 2. The summed E-state index contributed by atoms with van der Waals surface area (Å²) >= 11 is 0. The molecule has 1 aliphatic carbocycles. The molecule has 1 fully saturated rings. The van der Waals surface area contributed by atoms with E-state index in [1.54, 1.807) is 12.3 Å². The average Bonchev–Trinajstić information content (AvgIpc) is 2.41. The lowest BCUT2D eigenvalue weighted by Gasteiger charge is -2.40. The third-order valence-corrected chi connectivity index (χ3v) is 3.88. The molecule has 0 saturated heterocycles. The lowest BCUT2D eigenvalue weighted by Crippen LogP contribution is -2.42. The quantitative estimate of drug-likeness (QED) is 0.869. The molecular formula is C14H20N4O. The number of hydrogen-bond acceptors (Lipinski definition) is 5. The minimum Gasteiger partial charge on any atom is -0.388 e. The summed E-state index contributed by atoms with van der Waals surface area (Å²) in [6.45, 7) is 4.90. The van der Waals surface area contributed by atoms with Crippen LogP contribution in [0.2, 0.25) is 0 Å². The fourth-order valence-corrected chi connectivity index (χ4v) is 2.32. The molecule has 1 saturated carbocycles. The highest BCUT2D eigenvalue weighted by molar-refractivity contribution is 5.30. The van der Waals surface area contributed by atoms with Crippen molar-refractivity contribution >= 4 is 5.95 Å². The van der Waals surface area contributed by atoms with Gasteiger partial charge < -0.3 is 10.4 Å². The van der Waals surface area contributed by atoms with Crippen LogP contribution in [0.4, 0.5) is 5.95 Å².